The summed E-state index contributed by atoms with van der Waals surface area (Å²) in [5.74, 6) is 0.608. The molecule has 2 rings (SSSR count). The zero-order chi connectivity index (χ0) is 15.3. The number of hydrogen-bond acceptors (Lipinski definition) is 4. The van der Waals surface area contributed by atoms with Gasteiger partial charge in [0.2, 0.25) is 0 Å². The Morgan fingerprint density at radius 1 is 1.45 bits per heavy atom. The molecule has 0 bridgehead atoms. The Hall–Kier alpha value is -0.750. The van der Waals surface area contributed by atoms with Gasteiger partial charge in [0.05, 0.1) is 22.7 Å². The Kier molecular flexibility index (Phi) is 3.62. The van der Waals surface area contributed by atoms with Crippen LogP contribution in [0.15, 0.2) is 0 Å². The zero-order valence-corrected chi connectivity index (χ0v) is 14.0. The van der Waals surface area contributed by atoms with Crippen molar-refractivity contribution in [3.8, 4) is 0 Å². The second-order valence-electron chi connectivity index (χ2n) is 7.13. The third kappa shape index (κ3) is 2.96. The molecule has 1 aliphatic heterocycles. The first-order chi connectivity index (χ1) is 8.94. The van der Waals surface area contributed by atoms with Crippen molar-refractivity contribution >= 4 is 27.3 Å². The smallest absolute Gasteiger partial charge is 0.152 e. The van der Waals surface area contributed by atoms with Gasteiger partial charge in [-0.1, -0.05) is 32.4 Å². The minimum absolute atomic E-state index is 0.0396. The van der Waals surface area contributed by atoms with Gasteiger partial charge in [0.25, 0.3) is 0 Å². The molecule has 1 fully saturated rings. The molecule has 1 saturated heterocycles. The van der Waals surface area contributed by atoms with E-state index in [-0.39, 0.29) is 16.9 Å². The van der Waals surface area contributed by atoms with Gasteiger partial charge in [0.15, 0.2) is 9.84 Å². The predicted molar refractivity (Wildman–Crippen MR) is 81.7 cm³/mol. The van der Waals surface area contributed by atoms with E-state index >= 15 is 0 Å². The van der Waals surface area contributed by atoms with Crippen molar-refractivity contribution in [3.63, 3.8) is 0 Å². The van der Waals surface area contributed by atoms with Crippen LogP contribution >= 0.6 is 11.6 Å². The van der Waals surface area contributed by atoms with Crippen molar-refractivity contribution in [2.24, 2.45) is 5.41 Å². The van der Waals surface area contributed by atoms with Crippen LogP contribution in [0.2, 0.25) is 5.02 Å². The van der Waals surface area contributed by atoms with Crippen LogP contribution < -0.4 is 5.73 Å². The molecule has 114 valence electrons. The number of hydrogen-bond donors (Lipinski definition) is 1. The predicted octanol–water partition coefficient (Wildman–Crippen LogP) is 2.24. The van der Waals surface area contributed by atoms with Gasteiger partial charge in [-0.3, -0.25) is 0 Å². The Morgan fingerprint density at radius 3 is 2.50 bits per heavy atom. The minimum Gasteiger partial charge on any atom is -0.383 e. The maximum Gasteiger partial charge on any atom is 0.152 e. The van der Waals surface area contributed by atoms with Crippen LogP contribution in [0.5, 0.6) is 0 Å². The number of nitrogens with zero attached hydrogens (tertiary/aromatic N) is 2. The van der Waals surface area contributed by atoms with Crippen LogP contribution in [0.4, 0.5) is 5.82 Å². The van der Waals surface area contributed by atoms with E-state index in [1.54, 1.807) is 4.68 Å². The van der Waals surface area contributed by atoms with E-state index < -0.39 is 15.4 Å². The molecule has 0 spiro atoms. The molecular weight excluding hydrogens is 298 g/mol. The summed E-state index contributed by atoms with van der Waals surface area (Å²) in [5, 5.41) is 4.96. The summed E-state index contributed by atoms with van der Waals surface area (Å²) < 4.78 is 25.1. The second-order valence-corrected chi connectivity index (χ2v) is 9.70. The number of sulfone groups is 1. The third-order valence-corrected chi connectivity index (χ3v) is 5.92. The van der Waals surface area contributed by atoms with Crippen molar-refractivity contribution in [3.05, 3.63) is 10.7 Å². The van der Waals surface area contributed by atoms with Crippen LogP contribution in [-0.4, -0.2) is 29.7 Å². The summed E-state index contributed by atoms with van der Waals surface area (Å²) in [6, 6.07) is 0. The monoisotopic (exact) mass is 319 g/mol. The second kappa shape index (κ2) is 4.63. The van der Waals surface area contributed by atoms with E-state index in [0.717, 1.165) is 5.69 Å². The van der Waals surface area contributed by atoms with Crippen LogP contribution in [0.1, 0.15) is 39.8 Å². The van der Waals surface area contributed by atoms with E-state index in [9.17, 15) is 8.42 Å². The molecular formula is C13H22ClN3O2S. The maximum absolute atomic E-state index is 11.7. The molecule has 7 heteroatoms. The molecule has 0 amide bonds. The van der Waals surface area contributed by atoms with Crippen molar-refractivity contribution in [1.29, 1.82) is 0 Å². The zero-order valence-electron chi connectivity index (χ0n) is 12.4. The van der Waals surface area contributed by atoms with Gasteiger partial charge in [0, 0.05) is 0 Å². The molecule has 1 atom stereocenters. The lowest BCUT2D eigenvalue weighted by Gasteiger charge is -2.24. The summed E-state index contributed by atoms with van der Waals surface area (Å²) in [5.41, 5.74) is 6.23. The largest absolute Gasteiger partial charge is 0.383 e. The van der Waals surface area contributed by atoms with Crippen LogP contribution in [0.3, 0.4) is 0 Å². The Bertz CT molecular complexity index is 631. The average molecular weight is 320 g/mol. The highest BCUT2D eigenvalue weighted by Crippen LogP contribution is 2.37. The highest BCUT2D eigenvalue weighted by atomic mass is 35.5. The highest BCUT2D eigenvalue weighted by molar-refractivity contribution is 7.91. The third-order valence-electron chi connectivity index (χ3n) is 3.62. The van der Waals surface area contributed by atoms with Crippen LogP contribution in [0, 0.1) is 5.41 Å². The minimum atomic E-state index is -3.02. The van der Waals surface area contributed by atoms with E-state index in [4.69, 9.17) is 17.3 Å². The molecule has 2 heterocycles. The number of nitrogen functional groups attached to an aromatic ring is 1. The summed E-state index contributed by atoms with van der Waals surface area (Å²) in [6.45, 7) is 8.17. The molecule has 1 aromatic rings. The maximum atomic E-state index is 11.7. The fourth-order valence-electron chi connectivity index (χ4n) is 2.65. The van der Waals surface area contributed by atoms with E-state index in [2.05, 4.69) is 25.9 Å². The van der Waals surface area contributed by atoms with E-state index in [0.29, 0.717) is 23.7 Å². The van der Waals surface area contributed by atoms with Gasteiger partial charge in [-0.15, -0.1) is 0 Å². The fraction of sp³-hybridized carbons (Fsp3) is 0.769. The van der Waals surface area contributed by atoms with Crippen molar-refractivity contribution < 1.29 is 8.42 Å². The number of anilines is 1. The topological polar surface area (TPSA) is 78.0 Å². The van der Waals surface area contributed by atoms with Gasteiger partial charge < -0.3 is 5.73 Å². The van der Waals surface area contributed by atoms with Gasteiger partial charge in [-0.05, 0) is 25.2 Å². The number of halogens is 1. The number of nitrogens with two attached hydrogens (primary N) is 1. The Morgan fingerprint density at radius 2 is 2.05 bits per heavy atom. The first kappa shape index (κ1) is 15.6. The van der Waals surface area contributed by atoms with Crippen molar-refractivity contribution in [2.45, 2.75) is 46.1 Å². The molecule has 0 aromatic carbocycles. The molecule has 0 radical (unpaired) electrons. The van der Waals surface area contributed by atoms with Crippen molar-refractivity contribution in [1.82, 2.24) is 9.78 Å². The SMILES string of the molecule is CC(C)(C)Cc1nn(C2(C)CCS(=O)(=O)C2)c(N)c1Cl. The molecule has 1 aliphatic rings. The van der Waals surface area contributed by atoms with Crippen LogP contribution in [-0.2, 0) is 21.8 Å². The summed E-state index contributed by atoms with van der Waals surface area (Å²) in [4.78, 5) is 0. The summed E-state index contributed by atoms with van der Waals surface area (Å²) >= 11 is 6.27. The molecule has 1 unspecified atom stereocenters. The quantitative estimate of drug-likeness (QED) is 0.906. The molecule has 1 aromatic heterocycles. The standard InChI is InChI=1S/C13H22ClN3O2S/c1-12(2,3)7-9-10(14)11(15)17(16-9)13(4)5-6-20(18,19)8-13/h5-8,15H2,1-4H3. The fourth-order valence-corrected chi connectivity index (χ4v) is 4.94. The summed E-state index contributed by atoms with van der Waals surface area (Å²) in [7, 11) is -3.02. The van der Waals surface area contributed by atoms with E-state index in [1.807, 2.05) is 6.92 Å². The first-order valence-corrected chi connectivity index (χ1v) is 8.87. The lowest BCUT2D eigenvalue weighted by Crippen LogP contribution is -2.33. The Labute approximate surface area is 125 Å². The first-order valence-electron chi connectivity index (χ1n) is 6.67. The molecule has 5 nitrogen and oxygen atoms in total. The number of rotatable bonds is 2. The van der Waals surface area contributed by atoms with Gasteiger partial charge >= 0.3 is 0 Å². The molecule has 0 saturated carbocycles. The molecule has 2 N–H and O–H groups in total. The van der Waals surface area contributed by atoms with Crippen molar-refractivity contribution in [2.75, 3.05) is 17.2 Å². The lowest BCUT2D eigenvalue weighted by atomic mass is 9.91. The number of aromatic nitrogens is 2. The lowest BCUT2D eigenvalue weighted by molar-refractivity contribution is 0.326. The molecule has 0 aliphatic carbocycles. The average Bonchev–Trinajstić information content (AvgIpc) is 2.69. The Balaban J connectivity index is 2.42. The van der Waals surface area contributed by atoms with Gasteiger partial charge in [-0.25, -0.2) is 13.1 Å². The molecule has 20 heavy (non-hydrogen) atoms. The summed E-state index contributed by atoms with van der Waals surface area (Å²) in [6.07, 6.45) is 1.22. The van der Waals surface area contributed by atoms with Gasteiger partial charge in [-0.2, -0.15) is 5.10 Å². The van der Waals surface area contributed by atoms with Crippen LogP contribution in [0.25, 0.3) is 0 Å². The van der Waals surface area contributed by atoms with E-state index in [1.165, 1.54) is 0 Å². The van der Waals surface area contributed by atoms with Gasteiger partial charge in [0.1, 0.15) is 10.8 Å². The highest BCUT2D eigenvalue weighted by Gasteiger charge is 2.42. The normalized spacial score (nSPS) is 26.1.